The van der Waals surface area contributed by atoms with Crippen molar-refractivity contribution >= 4 is 15.7 Å². The fourth-order valence-corrected chi connectivity index (χ4v) is 3.13. The Balaban J connectivity index is 2.21. The molecule has 0 saturated carbocycles. The molecule has 1 heterocycles. The molecule has 0 fully saturated rings. The van der Waals surface area contributed by atoms with Crippen LogP contribution in [0.5, 0.6) is 5.75 Å². The highest BCUT2D eigenvalue weighted by Crippen LogP contribution is 2.31. The fraction of sp³-hybridized carbons (Fsp3) is 0.111. The molecule has 3 aromatic rings. The lowest BCUT2D eigenvalue weighted by atomic mass is 10.1. The third-order valence-electron chi connectivity index (χ3n) is 3.74. The Morgan fingerprint density at radius 1 is 1.04 bits per heavy atom. The smallest absolute Gasteiger partial charge is 0.175 e. The zero-order chi connectivity index (χ0) is 18.9. The van der Waals surface area contributed by atoms with Crippen LogP contribution in [0.1, 0.15) is 0 Å². The van der Waals surface area contributed by atoms with E-state index in [9.17, 15) is 12.8 Å². The van der Waals surface area contributed by atoms with Crippen LogP contribution in [0.3, 0.4) is 0 Å². The van der Waals surface area contributed by atoms with Gasteiger partial charge in [0.2, 0.25) is 0 Å². The van der Waals surface area contributed by atoms with E-state index in [2.05, 4.69) is 9.97 Å². The third kappa shape index (κ3) is 3.50. The van der Waals surface area contributed by atoms with Gasteiger partial charge in [0.05, 0.1) is 23.3 Å². The highest BCUT2D eigenvalue weighted by Gasteiger charge is 2.17. The molecule has 0 amide bonds. The first-order valence-electron chi connectivity index (χ1n) is 7.57. The average Bonchev–Trinajstić information content (AvgIpc) is 2.60. The zero-order valence-corrected chi connectivity index (χ0v) is 14.9. The summed E-state index contributed by atoms with van der Waals surface area (Å²) in [5.41, 5.74) is 6.92. The highest BCUT2D eigenvalue weighted by atomic mass is 32.2. The molecule has 0 unspecified atom stereocenters. The molecule has 6 nitrogen and oxygen atoms in total. The molecule has 2 N–H and O–H groups in total. The van der Waals surface area contributed by atoms with Crippen molar-refractivity contribution in [2.24, 2.45) is 0 Å². The Morgan fingerprint density at radius 2 is 1.77 bits per heavy atom. The van der Waals surface area contributed by atoms with Crippen molar-refractivity contribution in [2.75, 3.05) is 19.1 Å². The molecule has 2 aromatic carbocycles. The SMILES string of the molecule is COc1ccccc1-c1cc(N)nc(-c2cc(S(C)(=O)=O)ccc2F)n1. The Hall–Kier alpha value is -3.00. The number of ether oxygens (including phenoxy) is 1. The van der Waals surface area contributed by atoms with E-state index in [0.717, 1.165) is 12.3 Å². The summed E-state index contributed by atoms with van der Waals surface area (Å²) in [5.74, 6) is 0.0462. The first-order valence-corrected chi connectivity index (χ1v) is 9.46. The predicted molar refractivity (Wildman–Crippen MR) is 96.9 cm³/mol. The van der Waals surface area contributed by atoms with Gasteiger partial charge >= 0.3 is 0 Å². The molecule has 134 valence electrons. The third-order valence-corrected chi connectivity index (χ3v) is 4.85. The Kier molecular flexibility index (Phi) is 4.60. The lowest BCUT2D eigenvalue weighted by Gasteiger charge is -2.11. The van der Waals surface area contributed by atoms with Crippen molar-refractivity contribution in [3.8, 4) is 28.4 Å². The van der Waals surface area contributed by atoms with Crippen LogP contribution >= 0.6 is 0 Å². The normalized spacial score (nSPS) is 11.3. The quantitative estimate of drug-likeness (QED) is 0.707. The summed E-state index contributed by atoms with van der Waals surface area (Å²) < 4.78 is 43.2. The van der Waals surface area contributed by atoms with E-state index in [1.165, 1.54) is 19.2 Å². The molecule has 0 aliphatic rings. The Bertz CT molecular complexity index is 1080. The van der Waals surface area contributed by atoms with Gasteiger partial charge in [-0.2, -0.15) is 0 Å². The molecule has 26 heavy (non-hydrogen) atoms. The molecule has 0 aliphatic heterocycles. The molecule has 0 aliphatic carbocycles. The second-order valence-electron chi connectivity index (χ2n) is 5.62. The van der Waals surface area contributed by atoms with Crippen LogP contribution in [0.2, 0.25) is 0 Å². The molecular weight excluding hydrogens is 357 g/mol. The van der Waals surface area contributed by atoms with Gasteiger partial charge in [-0.25, -0.2) is 22.8 Å². The molecular formula is C18H16FN3O3S. The van der Waals surface area contributed by atoms with Crippen LogP contribution in [-0.2, 0) is 9.84 Å². The van der Waals surface area contributed by atoms with E-state index in [1.54, 1.807) is 24.3 Å². The average molecular weight is 373 g/mol. The van der Waals surface area contributed by atoms with Gasteiger partial charge in [-0.1, -0.05) is 12.1 Å². The number of para-hydroxylation sites is 1. The number of benzene rings is 2. The minimum atomic E-state index is -3.51. The first-order chi connectivity index (χ1) is 12.3. The minimum Gasteiger partial charge on any atom is -0.496 e. The van der Waals surface area contributed by atoms with Crippen LogP contribution in [0, 0.1) is 5.82 Å². The standard InChI is InChI=1S/C18H16FN3O3S/c1-25-16-6-4-3-5-12(16)15-10-17(20)22-18(21-15)13-9-11(26(2,23)24)7-8-14(13)19/h3-10H,1-2H3,(H2,20,21,22). The topological polar surface area (TPSA) is 95.2 Å². The summed E-state index contributed by atoms with van der Waals surface area (Å²) in [6, 6.07) is 12.2. The van der Waals surface area contributed by atoms with Crippen LogP contribution < -0.4 is 10.5 Å². The van der Waals surface area contributed by atoms with E-state index >= 15 is 0 Å². The van der Waals surface area contributed by atoms with Gasteiger partial charge in [0.25, 0.3) is 0 Å². The Labute approximate surface area is 150 Å². The van der Waals surface area contributed by atoms with Crippen molar-refractivity contribution in [2.45, 2.75) is 4.90 Å². The summed E-state index contributed by atoms with van der Waals surface area (Å²) in [4.78, 5) is 8.39. The maximum Gasteiger partial charge on any atom is 0.175 e. The highest BCUT2D eigenvalue weighted by molar-refractivity contribution is 7.90. The first kappa shape index (κ1) is 17.8. The van der Waals surface area contributed by atoms with Gasteiger partial charge in [0.1, 0.15) is 17.4 Å². The number of hydrogen-bond donors (Lipinski definition) is 1. The fourth-order valence-electron chi connectivity index (χ4n) is 2.49. The number of rotatable bonds is 4. The van der Waals surface area contributed by atoms with Crippen LogP contribution in [0.4, 0.5) is 10.2 Å². The molecule has 0 bridgehead atoms. The molecule has 1 aromatic heterocycles. The number of nitrogens with zero attached hydrogens (tertiary/aromatic N) is 2. The number of nitrogens with two attached hydrogens (primary N) is 1. The lowest BCUT2D eigenvalue weighted by Crippen LogP contribution is -2.02. The molecule has 0 spiro atoms. The number of sulfone groups is 1. The van der Waals surface area contributed by atoms with Gasteiger partial charge < -0.3 is 10.5 Å². The maximum absolute atomic E-state index is 14.3. The van der Waals surface area contributed by atoms with Crippen molar-refractivity contribution in [3.63, 3.8) is 0 Å². The van der Waals surface area contributed by atoms with Gasteiger partial charge in [0, 0.05) is 17.9 Å². The Morgan fingerprint density at radius 3 is 2.46 bits per heavy atom. The second kappa shape index (κ2) is 6.72. The van der Waals surface area contributed by atoms with Gasteiger partial charge in [-0.05, 0) is 30.3 Å². The van der Waals surface area contributed by atoms with Crippen LogP contribution in [0.25, 0.3) is 22.6 Å². The summed E-state index contributed by atoms with van der Waals surface area (Å²) in [5, 5.41) is 0. The maximum atomic E-state index is 14.3. The number of methoxy groups -OCH3 is 1. The number of nitrogen functional groups attached to an aromatic ring is 1. The molecule has 0 radical (unpaired) electrons. The molecule has 8 heteroatoms. The number of halogens is 1. The van der Waals surface area contributed by atoms with E-state index in [-0.39, 0.29) is 22.1 Å². The number of hydrogen-bond acceptors (Lipinski definition) is 6. The van der Waals surface area contributed by atoms with Crippen molar-refractivity contribution in [3.05, 3.63) is 54.3 Å². The van der Waals surface area contributed by atoms with Crippen molar-refractivity contribution in [1.82, 2.24) is 9.97 Å². The molecule has 3 rings (SSSR count). The largest absolute Gasteiger partial charge is 0.496 e. The predicted octanol–water partition coefficient (Wildman–Crippen LogP) is 2.94. The minimum absolute atomic E-state index is 0.00564. The lowest BCUT2D eigenvalue weighted by molar-refractivity contribution is 0.416. The van der Waals surface area contributed by atoms with Gasteiger partial charge in [-0.15, -0.1) is 0 Å². The molecule has 0 saturated heterocycles. The second-order valence-corrected chi connectivity index (χ2v) is 7.63. The number of aromatic nitrogens is 2. The van der Waals surface area contributed by atoms with Crippen molar-refractivity contribution in [1.29, 1.82) is 0 Å². The van der Waals surface area contributed by atoms with Gasteiger partial charge in [-0.3, -0.25) is 0 Å². The summed E-state index contributed by atoms with van der Waals surface area (Å²) in [6.45, 7) is 0. The van der Waals surface area contributed by atoms with E-state index in [1.807, 2.05) is 6.07 Å². The summed E-state index contributed by atoms with van der Waals surface area (Å²) >= 11 is 0. The zero-order valence-electron chi connectivity index (χ0n) is 14.1. The van der Waals surface area contributed by atoms with Crippen LogP contribution in [0.15, 0.2) is 53.4 Å². The monoisotopic (exact) mass is 373 g/mol. The van der Waals surface area contributed by atoms with E-state index in [0.29, 0.717) is 17.0 Å². The van der Waals surface area contributed by atoms with Gasteiger partial charge in [0.15, 0.2) is 15.7 Å². The van der Waals surface area contributed by atoms with E-state index in [4.69, 9.17) is 10.5 Å². The summed E-state index contributed by atoms with van der Waals surface area (Å²) in [6.07, 6.45) is 1.05. The van der Waals surface area contributed by atoms with Crippen LogP contribution in [-0.4, -0.2) is 31.8 Å². The van der Waals surface area contributed by atoms with Crippen molar-refractivity contribution < 1.29 is 17.5 Å². The number of anilines is 1. The molecule has 0 atom stereocenters. The van der Waals surface area contributed by atoms with E-state index < -0.39 is 15.7 Å². The summed E-state index contributed by atoms with van der Waals surface area (Å²) in [7, 11) is -1.98.